The second kappa shape index (κ2) is 4.72. The number of alkyl halides is 2. The molecule has 2 unspecified atom stereocenters. The third kappa shape index (κ3) is 4.62. The van der Waals surface area contributed by atoms with E-state index < -0.39 is 17.9 Å². The Morgan fingerprint density at radius 3 is 2.33 bits per heavy atom. The van der Waals surface area contributed by atoms with Crippen molar-refractivity contribution in [1.82, 2.24) is 0 Å². The van der Waals surface area contributed by atoms with E-state index >= 15 is 0 Å². The fraction of sp³-hybridized carbons (Fsp3) is 1.00. The van der Waals surface area contributed by atoms with E-state index in [1.807, 2.05) is 0 Å². The molecule has 74 valence electrons. The van der Waals surface area contributed by atoms with Crippen molar-refractivity contribution in [1.29, 1.82) is 0 Å². The van der Waals surface area contributed by atoms with E-state index in [9.17, 15) is 13.9 Å². The maximum Gasteiger partial charge on any atom is 0.241 e. The van der Waals surface area contributed by atoms with Crippen molar-refractivity contribution in [3.05, 3.63) is 0 Å². The van der Waals surface area contributed by atoms with E-state index in [0.29, 0.717) is 0 Å². The van der Waals surface area contributed by atoms with Gasteiger partial charge in [0.15, 0.2) is 0 Å². The third-order valence-electron chi connectivity index (χ3n) is 1.65. The fourth-order valence-electron chi connectivity index (χ4n) is 1.15. The molecule has 2 atom stereocenters. The van der Waals surface area contributed by atoms with Gasteiger partial charge >= 0.3 is 0 Å². The first-order valence-corrected chi connectivity index (χ1v) is 3.88. The lowest BCUT2D eigenvalue weighted by Gasteiger charge is -2.25. The van der Waals surface area contributed by atoms with Gasteiger partial charge in [0.05, 0.1) is 12.2 Å². The molecule has 0 bridgehead atoms. The van der Waals surface area contributed by atoms with Crippen LogP contribution in [0.2, 0.25) is 0 Å². The molecule has 0 rings (SSSR count). The molecular weight excluding hydrogens is 166 g/mol. The standard InChI is InChI=1S/C8H16F2O2/c1-6(7(9)10)4-8(2,11)5-12-3/h6-7,11H,4-5H2,1-3H3. The molecule has 0 fully saturated rings. The van der Waals surface area contributed by atoms with Gasteiger partial charge in [0.2, 0.25) is 6.43 Å². The van der Waals surface area contributed by atoms with Gasteiger partial charge in [-0.3, -0.25) is 0 Å². The van der Waals surface area contributed by atoms with Crippen LogP contribution in [0.25, 0.3) is 0 Å². The molecule has 0 saturated heterocycles. The first-order valence-electron chi connectivity index (χ1n) is 3.88. The van der Waals surface area contributed by atoms with Crippen LogP contribution >= 0.6 is 0 Å². The van der Waals surface area contributed by atoms with Crippen LogP contribution in [0.1, 0.15) is 20.3 Å². The Bertz CT molecular complexity index is 126. The monoisotopic (exact) mass is 182 g/mol. The summed E-state index contributed by atoms with van der Waals surface area (Å²) < 4.78 is 28.8. The van der Waals surface area contributed by atoms with Gasteiger partial charge in [-0.25, -0.2) is 8.78 Å². The van der Waals surface area contributed by atoms with Gasteiger partial charge in [0.25, 0.3) is 0 Å². The van der Waals surface area contributed by atoms with Gasteiger partial charge < -0.3 is 9.84 Å². The van der Waals surface area contributed by atoms with Crippen molar-refractivity contribution in [2.24, 2.45) is 5.92 Å². The molecule has 0 aromatic rings. The lowest BCUT2D eigenvalue weighted by atomic mass is 9.94. The lowest BCUT2D eigenvalue weighted by molar-refractivity contribution is -0.0510. The molecule has 4 heteroatoms. The van der Waals surface area contributed by atoms with Crippen LogP contribution in [0.15, 0.2) is 0 Å². The van der Waals surface area contributed by atoms with Crippen LogP contribution in [0.5, 0.6) is 0 Å². The van der Waals surface area contributed by atoms with E-state index in [0.717, 1.165) is 0 Å². The Balaban J connectivity index is 3.87. The quantitative estimate of drug-likeness (QED) is 0.700. The number of ether oxygens (including phenoxy) is 1. The zero-order valence-electron chi connectivity index (χ0n) is 7.68. The van der Waals surface area contributed by atoms with Crippen molar-refractivity contribution in [3.8, 4) is 0 Å². The van der Waals surface area contributed by atoms with Crippen molar-refractivity contribution in [3.63, 3.8) is 0 Å². The van der Waals surface area contributed by atoms with E-state index in [4.69, 9.17) is 4.74 Å². The van der Waals surface area contributed by atoms with Crippen LogP contribution in [0, 0.1) is 5.92 Å². The maximum absolute atomic E-state index is 12.0. The topological polar surface area (TPSA) is 29.5 Å². The van der Waals surface area contributed by atoms with Gasteiger partial charge in [0, 0.05) is 13.0 Å². The largest absolute Gasteiger partial charge is 0.388 e. The van der Waals surface area contributed by atoms with Gasteiger partial charge in [-0.05, 0) is 13.3 Å². The zero-order chi connectivity index (χ0) is 9.78. The first-order chi connectivity index (χ1) is 5.39. The predicted molar refractivity (Wildman–Crippen MR) is 42.3 cm³/mol. The second-order valence-electron chi connectivity index (χ2n) is 3.45. The first kappa shape index (κ1) is 11.8. The fourth-order valence-corrected chi connectivity index (χ4v) is 1.15. The van der Waals surface area contributed by atoms with Gasteiger partial charge in [-0.1, -0.05) is 6.92 Å². The number of methoxy groups -OCH3 is 1. The Hall–Kier alpha value is -0.220. The minimum Gasteiger partial charge on any atom is -0.388 e. The highest BCUT2D eigenvalue weighted by Gasteiger charge is 2.27. The number of rotatable bonds is 5. The highest BCUT2D eigenvalue weighted by Crippen LogP contribution is 2.21. The zero-order valence-corrected chi connectivity index (χ0v) is 7.68. The number of halogens is 2. The molecule has 1 N–H and O–H groups in total. The molecule has 0 saturated carbocycles. The minimum absolute atomic E-state index is 0.0541. The Kier molecular flexibility index (Phi) is 4.63. The molecule has 0 amide bonds. The Labute approximate surface area is 71.5 Å². The normalized spacial score (nSPS) is 19.2. The van der Waals surface area contributed by atoms with Gasteiger partial charge in [-0.15, -0.1) is 0 Å². The number of aliphatic hydroxyl groups is 1. The van der Waals surface area contributed by atoms with Crippen molar-refractivity contribution < 1.29 is 18.6 Å². The third-order valence-corrected chi connectivity index (χ3v) is 1.65. The van der Waals surface area contributed by atoms with Crippen LogP contribution in [-0.2, 0) is 4.74 Å². The molecule has 2 nitrogen and oxygen atoms in total. The van der Waals surface area contributed by atoms with Crippen LogP contribution in [0.3, 0.4) is 0 Å². The maximum atomic E-state index is 12.0. The van der Waals surface area contributed by atoms with E-state index in [1.165, 1.54) is 21.0 Å². The summed E-state index contributed by atoms with van der Waals surface area (Å²) >= 11 is 0. The van der Waals surface area contributed by atoms with Crippen LogP contribution < -0.4 is 0 Å². The Morgan fingerprint density at radius 2 is 2.00 bits per heavy atom. The van der Waals surface area contributed by atoms with E-state index in [2.05, 4.69) is 0 Å². The highest BCUT2D eigenvalue weighted by molar-refractivity contribution is 4.75. The van der Waals surface area contributed by atoms with Crippen LogP contribution in [0.4, 0.5) is 8.78 Å². The summed E-state index contributed by atoms with van der Waals surface area (Å²) in [5, 5.41) is 9.48. The SMILES string of the molecule is COCC(C)(O)CC(C)C(F)F. The highest BCUT2D eigenvalue weighted by atomic mass is 19.3. The van der Waals surface area contributed by atoms with Crippen molar-refractivity contribution in [2.45, 2.75) is 32.3 Å². The van der Waals surface area contributed by atoms with Crippen LogP contribution in [-0.4, -0.2) is 30.8 Å². The molecule has 0 radical (unpaired) electrons. The summed E-state index contributed by atoms with van der Waals surface area (Å²) in [6, 6.07) is 0. The molecule has 0 aromatic carbocycles. The Morgan fingerprint density at radius 1 is 1.50 bits per heavy atom. The summed E-state index contributed by atoms with van der Waals surface area (Å²) in [6.45, 7) is 2.99. The summed E-state index contributed by atoms with van der Waals surface area (Å²) in [4.78, 5) is 0. The molecule has 0 aromatic heterocycles. The predicted octanol–water partition coefficient (Wildman–Crippen LogP) is 1.68. The molecule has 0 heterocycles. The summed E-state index contributed by atoms with van der Waals surface area (Å²) in [5.41, 5.74) is -1.15. The second-order valence-corrected chi connectivity index (χ2v) is 3.45. The average molecular weight is 182 g/mol. The van der Waals surface area contributed by atoms with Gasteiger partial charge in [-0.2, -0.15) is 0 Å². The molecule has 0 spiro atoms. The summed E-state index contributed by atoms with van der Waals surface area (Å²) in [5.74, 6) is -0.796. The molecule has 0 aliphatic rings. The summed E-state index contributed by atoms with van der Waals surface area (Å²) in [6.07, 6.45) is -2.33. The smallest absolute Gasteiger partial charge is 0.241 e. The molecular formula is C8H16F2O2. The van der Waals surface area contributed by atoms with Gasteiger partial charge in [0.1, 0.15) is 0 Å². The van der Waals surface area contributed by atoms with E-state index in [1.54, 1.807) is 0 Å². The number of hydrogen-bond donors (Lipinski definition) is 1. The number of hydrogen-bond acceptors (Lipinski definition) is 2. The molecule has 0 aliphatic heterocycles. The molecule has 0 aliphatic carbocycles. The average Bonchev–Trinajstić information content (AvgIpc) is 1.85. The van der Waals surface area contributed by atoms with E-state index in [-0.39, 0.29) is 13.0 Å². The van der Waals surface area contributed by atoms with Crippen molar-refractivity contribution >= 4 is 0 Å². The lowest BCUT2D eigenvalue weighted by Crippen LogP contribution is -2.33. The van der Waals surface area contributed by atoms with Crippen molar-refractivity contribution in [2.75, 3.05) is 13.7 Å². The molecule has 12 heavy (non-hydrogen) atoms. The minimum atomic E-state index is -2.38. The summed E-state index contributed by atoms with van der Waals surface area (Å²) in [7, 11) is 1.43.